The topological polar surface area (TPSA) is 44.8 Å². The summed E-state index contributed by atoms with van der Waals surface area (Å²) in [6.45, 7) is 12.4. The van der Waals surface area contributed by atoms with Crippen molar-refractivity contribution in [2.24, 2.45) is 0 Å². The lowest BCUT2D eigenvalue weighted by molar-refractivity contribution is -0.153. The van der Waals surface area contributed by atoms with Gasteiger partial charge >= 0.3 is 0 Å². The number of ether oxygens (including phenoxy) is 2. The van der Waals surface area contributed by atoms with Crippen LogP contribution in [0.4, 0.5) is 0 Å². The summed E-state index contributed by atoms with van der Waals surface area (Å²) in [6, 6.07) is 0. The van der Waals surface area contributed by atoms with Crippen LogP contribution in [0.3, 0.4) is 0 Å². The van der Waals surface area contributed by atoms with E-state index in [1.165, 1.54) is 0 Å². The fraction of sp³-hybridized carbons (Fsp3) is 0.917. The van der Waals surface area contributed by atoms with Gasteiger partial charge < -0.3 is 18.7 Å². The highest BCUT2D eigenvalue weighted by Crippen LogP contribution is 2.36. The maximum absolute atomic E-state index is 10.5. The summed E-state index contributed by atoms with van der Waals surface area (Å²) < 4.78 is 16.9. The second-order valence-corrected chi connectivity index (χ2v) is 10.8. The van der Waals surface area contributed by atoms with Gasteiger partial charge in [-0.15, -0.1) is 0 Å². The van der Waals surface area contributed by atoms with Crippen LogP contribution in [-0.2, 0) is 18.7 Å². The zero-order valence-electron chi connectivity index (χ0n) is 11.5. The van der Waals surface area contributed by atoms with Crippen LogP contribution in [-0.4, -0.2) is 46.6 Å². The van der Waals surface area contributed by atoms with E-state index in [0.29, 0.717) is 19.8 Å². The Balaban J connectivity index is 2.35. The zero-order chi connectivity index (χ0) is 13.1. The number of carbonyl (C=O) groups excluding carboxylic acids is 1. The third kappa shape index (κ3) is 4.17. The Kier molecular flexibility index (Phi) is 4.89. The number of hydrogen-bond acceptors (Lipinski definition) is 4. The van der Waals surface area contributed by atoms with E-state index in [-0.39, 0.29) is 11.1 Å². The fourth-order valence-electron chi connectivity index (χ4n) is 1.25. The number of hydrogen-bond donors (Lipinski definition) is 0. The van der Waals surface area contributed by atoms with Crippen LogP contribution >= 0.6 is 0 Å². The van der Waals surface area contributed by atoms with Crippen LogP contribution in [0.5, 0.6) is 0 Å². The average molecular weight is 260 g/mol. The maximum atomic E-state index is 10.5. The lowest BCUT2D eigenvalue weighted by Crippen LogP contribution is -2.45. The van der Waals surface area contributed by atoms with Crippen LogP contribution in [0.1, 0.15) is 20.8 Å². The molecule has 0 bridgehead atoms. The van der Waals surface area contributed by atoms with Gasteiger partial charge in [0.25, 0.3) is 0 Å². The molecule has 0 saturated carbocycles. The molecule has 17 heavy (non-hydrogen) atoms. The predicted molar refractivity (Wildman–Crippen MR) is 68.7 cm³/mol. The SMILES string of the molecule is CC(C)(C)[Si](C)(C)OC[C@@H]1CO[C@@H](C=O)CO1. The third-order valence-corrected chi connectivity index (χ3v) is 8.08. The van der Waals surface area contributed by atoms with Gasteiger partial charge in [-0.05, 0) is 18.1 Å². The molecule has 1 saturated heterocycles. The summed E-state index contributed by atoms with van der Waals surface area (Å²) in [5.41, 5.74) is 0. The van der Waals surface area contributed by atoms with Crippen molar-refractivity contribution in [2.75, 3.05) is 19.8 Å². The normalized spacial score (nSPS) is 26.9. The van der Waals surface area contributed by atoms with E-state index in [0.717, 1.165) is 6.29 Å². The molecule has 1 fully saturated rings. The van der Waals surface area contributed by atoms with Gasteiger partial charge in [-0.1, -0.05) is 20.8 Å². The van der Waals surface area contributed by atoms with E-state index in [4.69, 9.17) is 13.9 Å². The van der Waals surface area contributed by atoms with Gasteiger partial charge in [-0.3, -0.25) is 0 Å². The zero-order valence-corrected chi connectivity index (χ0v) is 12.5. The van der Waals surface area contributed by atoms with Crippen LogP contribution in [0.15, 0.2) is 0 Å². The van der Waals surface area contributed by atoms with Crippen LogP contribution in [0, 0.1) is 0 Å². The molecular formula is C12H24O4Si. The lowest BCUT2D eigenvalue weighted by atomic mass is 10.2. The molecule has 0 aromatic carbocycles. The minimum Gasteiger partial charge on any atom is -0.414 e. The first-order valence-corrected chi connectivity index (χ1v) is 8.99. The maximum Gasteiger partial charge on any atom is 0.192 e. The summed E-state index contributed by atoms with van der Waals surface area (Å²) in [5.74, 6) is 0. The molecule has 1 aliphatic heterocycles. The molecule has 5 heteroatoms. The number of rotatable bonds is 4. The van der Waals surface area contributed by atoms with Gasteiger partial charge in [0, 0.05) is 0 Å². The van der Waals surface area contributed by atoms with Gasteiger partial charge in [0.1, 0.15) is 12.2 Å². The van der Waals surface area contributed by atoms with E-state index in [1.54, 1.807) is 0 Å². The van der Waals surface area contributed by atoms with E-state index in [2.05, 4.69) is 33.9 Å². The quantitative estimate of drug-likeness (QED) is 0.573. The van der Waals surface area contributed by atoms with Crippen molar-refractivity contribution in [3.63, 3.8) is 0 Å². The fourth-order valence-corrected chi connectivity index (χ4v) is 2.29. The number of carbonyl (C=O) groups is 1. The molecule has 4 nitrogen and oxygen atoms in total. The Hall–Kier alpha value is -0.233. The smallest absolute Gasteiger partial charge is 0.192 e. The van der Waals surface area contributed by atoms with Gasteiger partial charge in [-0.25, -0.2) is 0 Å². The molecule has 100 valence electrons. The molecule has 0 radical (unpaired) electrons. The Morgan fingerprint density at radius 2 is 1.94 bits per heavy atom. The lowest BCUT2D eigenvalue weighted by Gasteiger charge is -2.38. The molecule has 1 heterocycles. The highest BCUT2D eigenvalue weighted by Gasteiger charge is 2.38. The van der Waals surface area contributed by atoms with E-state index in [1.807, 2.05) is 0 Å². The summed E-state index contributed by atoms with van der Waals surface area (Å²) in [7, 11) is -1.72. The first-order chi connectivity index (χ1) is 7.76. The molecule has 2 atom stereocenters. The Morgan fingerprint density at radius 1 is 1.29 bits per heavy atom. The Morgan fingerprint density at radius 3 is 2.35 bits per heavy atom. The summed E-state index contributed by atoms with van der Waals surface area (Å²) in [6.07, 6.45) is 0.338. The Labute approximate surface area is 105 Å². The van der Waals surface area contributed by atoms with Crippen molar-refractivity contribution in [2.45, 2.75) is 51.1 Å². The molecule has 0 unspecified atom stereocenters. The molecule has 0 aromatic heterocycles. The first-order valence-electron chi connectivity index (χ1n) is 6.09. The molecule has 1 aliphatic rings. The second kappa shape index (κ2) is 5.61. The van der Waals surface area contributed by atoms with Gasteiger partial charge in [0.15, 0.2) is 14.6 Å². The van der Waals surface area contributed by atoms with E-state index >= 15 is 0 Å². The summed E-state index contributed by atoms with van der Waals surface area (Å²) in [4.78, 5) is 10.5. The molecule has 0 spiro atoms. The molecule has 0 aromatic rings. The van der Waals surface area contributed by atoms with Crippen LogP contribution < -0.4 is 0 Å². The van der Waals surface area contributed by atoms with Crippen LogP contribution in [0.25, 0.3) is 0 Å². The summed E-state index contributed by atoms with van der Waals surface area (Å²) in [5, 5.41) is 0.202. The van der Waals surface area contributed by atoms with Crippen molar-refractivity contribution < 1.29 is 18.7 Å². The molecular weight excluding hydrogens is 236 g/mol. The minimum atomic E-state index is -1.72. The highest BCUT2D eigenvalue weighted by atomic mass is 28.4. The van der Waals surface area contributed by atoms with Crippen molar-refractivity contribution in [1.29, 1.82) is 0 Å². The van der Waals surface area contributed by atoms with Crippen molar-refractivity contribution in [3.05, 3.63) is 0 Å². The van der Waals surface area contributed by atoms with Gasteiger partial charge in [0.2, 0.25) is 0 Å². The van der Waals surface area contributed by atoms with Crippen molar-refractivity contribution >= 4 is 14.6 Å². The Bertz CT molecular complexity index is 252. The average Bonchev–Trinajstić information content (AvgIpc) is 2.25. The third-order valence-electron chi connectivity index (χ3n) is 3.58. The molecule has 0 N–H and O–H groups in total. The van der Waals surface area contributed by atoms with E-state index in [9.17, 15) is 4.79 Å². The molecule has 0 amide bonds. The van der Waals surface area contributed by atoms with E-state index < -0.39 is 14.4 Å². The van der Waals surface area contributed by atoms with Gasteiger partial charge in [0.05, 0.1) is 19.8 Å². The first kappa shape index (κ1) is 14.8. The van der Waals surface area contributed by atoms with Gasteiger partial charge in [-0.2, -0.15) is 0 Å². The second-order valence-electron chi connectivity index (χ2n) is 6.03. The van der Waals surface area contributed by atoms with Crippen LogP contribution in [0.2, 0.25) is 18.1 Å². The monoisotopic (exact) mass is 260 g/mol. The van der Waals surface area contributed by atoms with Crippen molar-refractivity contribution in [3.8, 4) is 0 Å². The minimum absolute atomic E-state index is 0.0414. The number of aldehydes is 1. The molecule has 0 aliphatic carbocycles. The highest BCUT2D eigenvalue weighted by molar-refractivity contribution is 6.74. The molecule has 1 rings (SSSR count). The predicted octanol–water partition coefficient (Wildman–Crippen LogP) is 1.99. The summed E-state index contributed by atoms with van der Waals surface area (Å²) >= 11 is 0. The standard InChI is InChI=1S/C12H24O4Si/c1-12(2,3)17(4,5)16-9-11-8-14-10(6-13)7-15-11/h6,10-11H,7-9H2,1-5H3/t10-,11-/m0/s1. The largest absolute Gasteiger partial charge is 0.414 e. The van der Waals surface area contributed by atoms with Crippen molar-refractivity contribution in [1.82, 2.24) is 0 Å².